The summed E-state index contributed by atoms with van der Waals surface area (Å²) in [5, 5.41) is 1.15. The Morgan fingerprint density at radius 1 is 0.812 bits per heavy atom. The van der Waals surface area contributed by atoms with Crippen molar-refractivity contribution >= 4 is 27.6 Å². The van der Waals surface area contributed by atoms with E-state index in [9.17, 15) is 0 Å². The van der Waals surface area contributed by atoms with Gasteiger partial charge in [0.15, 0.2) is 11.0 Å². The highest BCUT2D eigenvalue weighted by Gasteiger charge is 2.29. The molecule has 0 spiro atoms. The number of para-hydroxylation sites is 3. The van der Waals surface area contributed by atoms with E-state index < -0.39 is 0 Å². The average molecular weight is 418 g/mol. The molecule has 3 aromatic carbocycles. The van der Waals surface area contributed by atoms with Gasteiger partial charge in [-0.1, -0.05) is 30.3 Å². The third-order valence-electron chi connectivity index (χ3n) is 6.56. The summed E-state index contributed by atoms with van der Waals surface area (Å²) < 4.78 is 6.81. The van der Waals surface area contributed by atoms with Gasteiger partial charge in [0.2, 0.25) is 0 Å². The minimum absolute atomic E-state index is 0.965. The molecule has 0 bridgehead atoms. The number of imidazole rings is 1. The van der Waals surface area contributed by atoms with Crippen LogP contribution in [0.15, 0.2) is 79.1 Å². The Morgan fingerprint density at radius 2 is 1.59 bits per heavy atom. The van der Waals surface area contributed by atoms with Crippen LogP contribution in [-0.4, -0.2) is 14.0 Å². The van der Waals surface area contributed by atoms with Crippen molar-refractivity contribution in [2.45, 2.75) is 20.8 Å². The molecule has 0 aliphatic carbocycles. The Kier molecular flexibility index (Phi) is 3.99. The van der Waals surface area contributed by atoms with E-state index >= 15 is 0 Å². The van der Waals surface area contributed by atoms with Crippen LogP contribution in [0.5, 0.6) is 0 Å². The number of rotatable bonds is 2. The van der Waals surface area contributed by atoms with Crippen LogP contribution in [0.1, 0.15) is 16.7 Å². The highest BCUT2D eigenvalue weighted by molar-refractivity contribution is 5.88. The van der Waals surface area contributed by atoms with Crippen molar-refractivity contribution in [1.82, 2.24) is 14.0 Å². The molecule has 0 saturated carbocycles. The van der Waals surface area contributed by atoms with Crippen molar-refractivity contribution in [3.05, 3.63) is 95.8 Å². The van der Waals surface area contributed by atoms with E-state index in [4.69, 9.17) is 4.98 Å². The van der Waals surface area contributed by atoms with Gasteiger partial charge in [-0.25, -0.2) is 9.55 Å². The molecule has 0 aliphatic rings. The Morgan fingerprint density at radius 3 is 2.41 bits per heavy atom. The van der Waals surface area contributed by atoms with Gasteiger partial charge in [-0.05, 0) is 73.9 Å². The molecule has 3 heterocycles. The molecule has 0 radical (unpaired) electrons. The fourth-order valence-electron chi connectivity index (χ4n) is 5.02. The standard InChI is InChI=1S/C28H25N4/c1-18-9-7-10-19(2)27(18)32-25-12-6-5-11-24(25)30(4)28(32)22-16-23-21(15-20(22)3)17-31-14-8-13-26(31)29-23/h5-17H,1-4H3/q+1. The van der Waals surface area contributed by atoms with Crippen molar-refractivity contribution < 1.29 is 4.57 Å². The lowest BCUT2D eigenvalue weighted by molar-refractivity contribution is -0.633. The third-order valence-corrected chi connectivity index (χ3v) is 6.56. The van der Waals surface area contributed by atoms with Crippen molar-refractivity contribution in [1.29, 1.82) is 0 Å². The van der Waals surface area contributed by atoms with Crippen molar-refractivity contribution in [3.63, 3.8) is 0 Å². The van der Waals surface area contributed by atoms with E-state index in [2.05, 4.69) is 102 Å². The molecular weight excluding hydrogens is 392 g/mol. The first-order chi connectivity index (χ1) is 15.5. The molecule has 6 aromatic rings. The van der Waals surface area contributed by atoms with Gasteiger partial charge >= 0.3 is 0 Å². The molecule has 0 amide bonds. The summed E-state index contributed by atoms with van der Waals surface area (Å²) in [6.07, 6.45) is 4.21. The summed E-state index contributed by atoms with van der Waals surface area (Å²) in [4.78, 5) is 4.93. The van der Waals surface area contributed by atoms with E-state index in [1.807, 2.05) is 18.3 Å². The zero-order valence-electron chi connectivity index (χ0n) is 18.8. The van der Waals surface area contributed by atoms with Crippen LogP contribution < -0.4 is 4.57 Å². The summed E-state index contributed by atoms with van der Waals surface area (Å²) in [6, 6.07) is 23.7. The van der Waals surface area contributed by atoms with E-state index in [0.29, 0.717) is 0 Å². The smallest absolute Gasteiger partial charge is 0.295 e. The molecule has 0 fully saturated rings. The van der Waals surface area contributed by atoms with Gasteiger partial charge < -0.3 is 4.40 Å². The van der Waals surface area contributed by atoms with Crippen molar-refractivity contribution in [3.8, 4) is 17.1 Å². The molecule has 0 aliphatic heterocycles. The van der Waals surface area contributed by atoms with Crippen LogP contribution in [-0.2, 0) is 7.05 Å². The maximum absolute atomic E-state index is 4.93. The predicted octanol–water partition coefficient (Wildman–Crippen LogP) is 5.85. The number of fused-ring (bicyclic) bond motifs is 3. The summed E-state index contributed by atoms with van der Waals surface area (Å²) in [7, 11) is 2.16. The summed E-state index contributed by atoms with van der Waals surface area (Å²) in [5.74, 6) is 1.17. The zero-order valence-corrected chi connectivity index (χ0v) is 18.8. The van der Waals surface area contributed by atoms with Crippen LogP contribution in [0.25, 0.3) is 44.7 Å². The summed E-state index contributed by atoms with van der Waals surface area (Å²) in [6.45, 7) is 6.58. The maximum Gasteiger partial charge on any atom is 0.295 e. The van der Waals surface area contributed by atoms with Crippen LogP contribution in [0.2, 0.25) is 0 Å². The molecule has 156 valence electrons. The second kappa shape index (κ2) is 6.79. The SMILES string of the molecule is Cc1cc2cn3cccc3nc2cc1-c1n(-c2c(C)cccc2C)c2ccccc2[n+]1C. The Labute approximate surface area is 187 Å². The van der Waals surface area contributed by atoms with Crippen LogP contribution in [0.4, 0.5) is 0 Å². The minimum Gasteiger partial charge on any atom is -0.308 e. The summed E-state index contributed by atoms with van der Waals surface area (Å²) >= 11 is 0. The Hall–Kier alpha value is -3.92. The van der Waals surface area contributed by atoms with E-state index in [1.54, 1.807) is 0 Å². The van der Waals surface area contributed by atoms with Crippen LogP contribution in [0.3, 0.4) is 0 Å². The molecule has 0 N–H and O–H groups in total. The van der Waals surface area contributed by atoms with Crippen molar-refractivity contribution in [2.75, 3.05) is 0 Å². The lowest BCUT2D eigenvalue weighted by Crippen LogP contribution is -2.30. The average Bonchev–Trinajstić information content (AvgIpc) is 3.34. The molecule has 0 unspecified atom stereocenters. The third kappa shape index (κ3) is 2.62. The molecule has 3 aromatic heterocycles. The summed E-state index contributed by atoms with van der Waals surface area (Å²) in [5.41, 5.74) is 10.6. The molecule has 4 nitrogen and oxygen atoms in total. The lowest BCUT2D eigenvalue weighted by Gasteiger charge is -2.11. The number of benzene rings is 3. The van der Waals surface area contributed by atoms with Crippen LogP contribution in [0, 0.1) is 20.8 Å². The Bertz CT molecular complexity index is 1650. The molecule has 4 heteroatoms. The second-order valence-electron chi connectivity index (χ2n) is 8.69. The fraction of sp³-hybridized carbons (Fsp3) is 0.143. The molecule has 32 heavy (non-hydrogen) atoms. The first kappa shape index (κ1) is 18.8. The van der Waals surface area contributed by atoms with Gasteiger partial charge in [0.25, 0.3) is 5.82 Å². The molecule has 6 rings (SSSR count). The fourth-order valence-corrected chi connectivity index (χ4v) is 5.02. The van der Waals surface area contributed by atoms with Gasteiger partial charge in [-0.15, -0.1) is 0 Å². The van der Waals surface area contributed by atoms with Gasteiger partial charge in [0, 0.05) is 17.8 Å². The first-order valence-corrected chi connectivity index (χ1v) is 11.0. The number of hydrogen-bond acceptors (Lipinski definition) is 1. The lowest BCUT2D eigenvalue weighted by atomic mass is 10.0. The minimum atomic E-state index is 0.965. The largest absolute Gasteiger partial charge is 0.308 e. The van der Waals surface area contributed by atoms with Gasteiger partial charge in [0.05, 0.1) is 18.1 Å². The quantitative estimate of drug-likeness (QED) is 0.325. The number of nitrogens with zero attached hydrogens (tertiary/aromatic N) is 4. The van der Waals surface area contributed by atoms with E-state index in [0.717, 1.165) is 16.6 Å². The van der Waals surface area contributed by atoms with Gasteiger partial charge in [0.1, 0.15) is 11.3 Å². The molecule has 0 saturated heterocycles. The molecular formula is C28H25N4+. The highest BCUT2D eigenvalue weighted by atomic mass is 15.2. The first-order valence-electron chi connectivity index (χ1n) is 11.0. The van der Waals surface area contributed by atoms with Crippen molar-refractivity contribution in [2.24, 2.45) is 7.05 Å². The number of hydrogen-bond donors (Lipinski definition) is 0. The van der Waals surface area contributed by atoms with E-state index in [1.165, 1.54) is 44.8 Å². The zero-order chi connectivity index (χ0) is 22.0. The maximum atomic E-state index is 4.93. The topological polar surface area (TPSA) is 26.1 Å². The van der Waals surface area contributed by atoms with Gasteiger partial charge in [-0.3, -0.25) is 0 Å². The molecule has 0 atom stereocenters. The second-order valence-corrected chi connectivity index (χ2v) is 8.69. The number of aromatic nitrogens is 4. The Balaban J connectivity index is 1.75. The normalized spacial score (nSPS) is 11.8. The van der Waals surface area contributed by atoms with Crippen LogP contribution >= 0.6 is 0 Å². The predicted molar refractivity (Wildman–Crippen MR) is 130 cm³/mol. The highest BCUT2D eigenvalue weighted by Crippen LogP contribution is 2.33. The van der Waals surface area contributed by atoms with Gasteiger partial charge in [-0.2, -0.15) is 4.57 Å². The van der Waals surface area contributed by atoms with E-state index in [-0.39, 0.29) is 0 Å². The number of aryl methyl sites for hydroxylation is 4. The monoisotopic (exact) mass is 417 g/mol.